The zero-order valence-electron chi connectivity index (χ0n) is 11.0. The molecule has 0 bridgehead atoms. The zero-order valence-corrected chi connectivity index (χ0v) is 11.0. The van der Waals surface area contributed by atoms with Crippen molar-refractivity contribution in [2.75, 3.05) is 6.54 Å². The Morgan fingerprint density at radius 2 is 1.89 bits per heavy atom. The molecule has 1 saturated carbocycles. The first-order valence-electron chi connectivity index (χ1n) is 7.08. The van der Waals surface area contributed by atoms with Crippen LogP contribution in [-0.4, -0.2) is 12.6 Å². The SMILES string of the molecule is CCNC(Cc1ccc2ccccc2c1)C1CC1. The standard InChI is InChI=1S/C17H21N/c1-2-18-17(15-9-10-15)12-13-7-8-14-5-3-4-6-16(14)11-13/h3-8,11,15,17-18H,2,9-10,12H2,1H3. The van der Waals surface area contributed by atoms with E-state index in [1.807, 2.05) is 0 Å². The highest BCUT2D eigenvalue weighted by Crippen LogP contribution is 2.34. The molecule has 1 heteroatoms. The van der Waals surface area contributed by atoms with Crippen LogP contribution in [0, 0.1) is 5.92 Å². The number of hydrogen-bond donors (Lipinski definition) is 1. The highest BCUT2D eigenvalue weighted by atomic mass is 14.9. The van der Waals surface area contributed by atoms with Gasteiger partial charge in [0.15, 0.2) is 0 Å². The van der Waals surface area contributed by atoms with E-state index in [0.717, 1.165) is 12.5 Å². The van der Waals surface area contributed by atoms with Gasteiger partial charge < -0.3 is 5.32 Å². The molecule has 0 aliphatic heterocycles. The van der Waals surface area contributed by atoms with E-state index in [-0.39, 0.29) is 0 Å². The molecule has 1 fully saturated rings. The molecule has 94 valence electrons. The molecule has 2 aromatic rings. The highest BCUT2D eigenvalue weighted by Gasteiger charge is 2.30. The summed E-state index contributed by atoms with van der Waals surface area (Å²) in [6, 6.07) is 16.2. The van der Waals surface area contributed by atoms with Crippen LogP contribution in [0.2, 0.25) is 0 Å². The van der Waals surface area contributed by atoms with Gasteiger partial charge in [0.25, 0.3) is 0 Å². The maximum Gasteiger partial charge on any atom is 0.0136 e. The molecule has 3 rings (SSSR count). The topological polar surface area (TPSA) is 12.0 Å². The van der Waals surface area contributed by atoms with Crippen LogP contribution in [0.25, 0.3) is 10.8 Å². The summed E-state index contributed by atoms with van der Waals surface area (Å²) in [6.07, 6.45) is 3.99. The quantitative estimate of drug-likeness (QED) is 0.837. The Hall–Kier alpha value is -1.34. The van der Waals surface area contributed by atoms with Crippen LogP contribution in [0.4, 0.5) is 0 Å². The summed E-state index contributed by atoms with van der Waals surface area (Å²) in [5.41, 5.74) is 1.46. The lowest BCUT2D eigenvalue weighted by molar-refractivity contribution is 0.472. The average Bonchev–Trinajstić information content (AvgIpc) is 3.22. The lowest BCUT2D eigenvalue weighted by Gasteiger charge is -2.17. The first kappa shape index (κ1) is 11.7. The normalized spacial score (nSPS) is 16.9. The van der Waals surface area contributed by atoms with Crippen LogP contribution >= 0.6 is 0 Å². The molecule has 0 spiro atoms. The maximum atomic E-state index is 3.64. The average molecular weight is 239 g/mol. The Morgan fingerprint density at radius 3 is 2.61 bits per heavy atom. The molecule has 1 aliphatic rings. The van der Waals surface area contributed by atoms with Crippen LogP contribution in [-0.2, 0) is 6.42 Å². The maximum absolute atomic E-state index is 3.64. The second kappa shape index (κ2) is 5.11. The van der Waals surface area contributed by atoms with E-state index in [1.165, 1.54) is 35.6 Å². The van der Waals surface area contributed by atoms with E-state index >= 15 is 0 Å². The van der Waals surface area contributed by atoms with Crippen molar-refractivity contribution in [1.29, 1.82) is 0 Å². The van der Waals surface area contributed by atoms with E-state index in [1.54, 1.807) is 0 Å². The summed E-state index contributed by atoms with van der Waals surface area (Å²) in [7, 11) is 0. The van der Waals surface area contributed by atoms with Gasteiger partial charge in [-0.05, 0) is 48.1 Å². The van der Waals surface area contributed by atoms with Crippen molar-refractivity contribution in [2.24, 2.45) is 5.92 Å². The number of nitrogens with one attached hydrogen (secondary N) is 1. The van der Waals surface area contributed by atoms with E-state index in [2.05, 4.69) is 54.7 Å². The predicted molar refractivity (Wildman–Crippen MR) is 77.8 cm³/mol. The Bertz CT molecular complexity index is 528. The van der Waals surface area contributed by atoms with Gasteiger partial charge in [-0.25, -0.2) is 0 Å². The van der Waals surface area contributed by atoms with Crippen LogP contribution in [0.1, 0.15) is 25.3 Å². The summed E-state index contributed by atoms with van der Waals surface area (Å²) in [5.74, 6) is 0.913. The van der Waals surface area contributed by atoms with Crippen LogP contribution in [0.15, 0.2) is 42.5 Å². The summed E-state index contributed by atoms with van der Waals surface area (Å²) in [4.78, 5) is 0. The molecular weight excluding hydrogens is 218 g/mol. The Morgan fingerprint density at radius 1 is 1.11 bits per heavy atom. The summed E-state index contributed by atoms with van der Waals surface area (Å²) in [5, 5.41) is 6.34. The summed E-state index contributed by atoms with van der Waals surface area (Å²) < 4.78 is 0. The first-order chi connectivity index (χ1) is 8.86. The molecule has 1 nitrogen and oxygen atoms in total. The number of rotatable bonds is 5. The molecule has 2 aromatic carbocycles. The molecule has 1 unspecified atom stereocenters. The molecule has 0 aromatic heterocycles. The van der Waals surface area contributed by atoms with E-state index in [4.69, 9.17) is 0 Å². The van der Waals surface area contributed by atoms with Gasteiger partial charge in [-0.1, -0.05) is 49.4 Å². The fraction of sp³-hybridized carbons (Fsp3) is 0.412. The Labute approximate surface area is 109 Å². The molecule has 0 saturated heterocycles. The van der Waals surface area contributed by atoms with Gasteiger partial charge in [-0.2, -0.15) is 0 Å². The molecule has 0 radical (unpaired) electrons. The second-order valence-electron chi connectivity index (χ2n) is 5.39. The van der Waals surface area contributed by atoms with Gasteiger partial charge in [0, 0.05) is 6.04 Å². The number of fused-ring (bicyclic) bond motifs is 1. The fourth-order valence-corrected chi connectivity index (χ4v) is 2.79. The molecule has 1 aliphatic carbocycles. The monoisotopic (exact) mass is 239 g/mol. The largest absolute Gasteiger partial charge is 0.314 e. The van der Waals surface area contributed by atoms with Gasteiger partial charge >= 0.3 is 0 Å². The van der Waals surface area contributed by atoms with Crippen molar-refractivity contribution >= 4 is 10.8 Å². The summed E-state index contributed by atoms with van der Waals surface area (Å²) >= 11 is 0. The molecule has 0 heterocycles. The zero-order chi connectivity index (χ0) is 12.4. The van der Waals surface area contributed by atoms with Gasteiger partial charge in [0.2, 0.25) is 0 Å². The van der Waals surface area contributed by atoms with Crippen LogP contribution in [0.3, 0.4) is 0 Å². The Kier molecular flexibility index (Phi) is 3.33. The molecule has 1 N–H and O–H groups in total. The van der Waals surface area contributed by atoms with Crippen molar-refractivity contribution in [3.63, 3.8) is 0 Å². The smallest absolute Gasteiger partial charge is 0.0136 e. The van der Waals surface area contributed by atoms with Crippen molar-refractivity contribution in [2.45, 2.75) is 32.2 Å². The van der Waals surface area contributed by atoms with Crippen molar-refractivity contribution in [1.82, 2.24) is 5.32 Å². The molecule has 0 amide bonds. The van der Waals surface area contributed by atoms with Crippen molar-refractivity contribution in [3.8, 4) is 0 Å². The summed E-state index contributed by atoms with van der Waals surface area (Å²) in [6.45, 7) is 3.28. The number of hydrogen-bond acceptors (Lipinski definition) is 1. The van der Waals surface area contributed by atoms with E-state index in [9.17, 15) is 0 Å². The van der Waals surface area contributed by atoms with E-state index in [0.29, 0.717) is 6.04 Å². The third kappa shape index (κ3) is 2.56. The molecule has 1 atom stereocenters. The lowest BCUT2D eigenvalue weighted by Crippen LogP contribution is -2.32. The minimum Gasteiger partial charge on any atom is -0.314 e. The minimum atomic E-state index is 0.677. The van der Waals surface area contributed by atoms with Crippen molar-refractivity contribution < 1.29 is 0 Å². The molecule has 18 heavy (non-hydrogen) atoms. The Balaban J connectivity index is 1.80. The second-order valence-corrected chi connectivity index (χ2v) is 5.39. The highest BCUT2D eigenvalue weighted by molar-refractivity contribution is 5.82. The van der Waals surface area contributed by atoms with Gasteiger partial charge in [-0.15, -0.1) is 0 Å². The van der Waals surface area contributed by atoms with Gasteiger partial charge in [0.1, 0.15) is 0 Å². The lowest BCUT2D eigenvalue weighted by atomic mass is 9.99. The number of likely N-dealkylation sites (N-methyl/N-ethyl adjacent to an activating group) is 1. The fourth-order valence-electron chi connectivity index (χ4n) is 2.79. The number of benzene rings is 2. The predicted octanol–water partition coefficient (Wildman–Crippen LogP) is 3.77. The minimum absolute atomic E-state index is 0.677. The first-order valence-corrected chi connectivity index (χ1v) is 7.08. The van der Waals surface area contributed by atoms with Gasteiger partial charge in [0.05, 0.1) is 0 Å². The molecular formula is C17H21N. The van der Waals surface area contributed by atoms with E-state index < -0.39 is 0 Å². The van der Waals surface area contributed by atoms with Crippen LogP contribution < -0.4 is 5.32 Å². The van der Waals surface area contributed by atoms with Crippen molar-refractivity contribution in [3.05, 3.63) is 48.0 Å². The van der Waals surface area contributed by atoms with Gasteiger partial charge in [-0.3, -0.25) is 0 Å². The third-order valence-electron chi connectivity index (χ3n) is 3.93. The van der Waals surface area contributed by atoms with Crippen LogP contribution in [0.5, 0.6) is 0 Å². The third-order valence-corrected chi connectivity index (χ3v) is 3.93.